The van der Waals surface area contributed by atoms with Crippen molar-refractivity contribution in [3.05, 3.63) is 65.2 Å². The van der Waals surface area contributed by atoms with Crippen LogP contribution in [0.1, 0.15) is 23.0 Å². The van der Waals surface area contributed by atoms with E-state index >= 15 is 0 Å². The number of carbonyl (C=O) groups excluding carboxylic acids is 2. The number of para-hydroxylation sites is 1. The van der Waals surface area contributed by atoms with Crippen molar-refractivity contribution in [3.63, 3.8) is 0 Å². The quantitative estimate of drug-likeness (QED) is 0.387. The largest absolute Gasteiger partial charge is 0.427 e. The molecule has 0 fully saturated rings. The maximum absolute atomic E-state index is 12.5. The topological polar surface area (TPSA) is 84.1 Å². The lowest BCUT2D eigenvalue weighted by Crippen LogP contribution is -2.11. The second kappa shape index (κ2) is 7.28. The number of fused-ring (bicyclic) bond motifs is 1. The molecule has 4 aromatic rings. The van der Waals surface area contributed by atoms with Gasteiger partial charge in [0, 0.05) is 40.0 Å². The highest BCUT2D eigenvalue weighted by atomic mass is 32.1. The Labute approximate surface area is 165 Å². The number of anilines is 1. The van der Waals surface area contributed by atoms with E-state index in [1.54, 1.807) is 24.3 Å². The van der Waals surface area contributed by atoms with E-state index in [2.05, 4.69) is 21.4 Å². The number of thiazole rings is 1. The predicted molar refractivity (Wildman–Crippen MR) is 110 cm³/mol. The molecule has 0 bridgehead atoms. The van der Waals surface area contributed by atoms with Crippen LogP contribution in [0.3, 0.4) is 0 Å². The number of carbonyl (C=O) groups is 2. The minimum absolute atomic E-state index is 0.272. The smallest absolute Gasteiger partial charge is 0.308 e. The number of hydrogen-bond acceptors (Lipinski definition) is 5. The van der Waals surface area contributed by atoms with E-state index in [4.69, 9.17) is 4.74 Å². The Kier molecular flexibility index (Phi) is 4.67. The number of H-pyrrole nitrogens is 1. The normalized spacial score (nSPS) is 10.8. The summed E-state index contributed by atoms with van der Waals surface area (Å²) in [5.41, 5.74) is 4.40. The Balaban J connectivity index is 1.54. The second-order valence-electron chi connectivity index (χ2n) is 6.28. The van der Waals surface area contributed by atoms with Crippen LogP contribution < -0.4 is 10.1 Å². The summed E-state index contributed by atoms with van der Waals surface area (Å²) in [7, 11) is 0. The predicted octanol–water partition coefficient (Wildman–Crippen LogP) is 4.78. The summed E-state index contributed by atoms with van der Waals surface area (Å²) in [6.07, 6.45) is 0. The molecule has 0 radical (unpaired) electrons. The molecule has 0 aliphatic carbocycles. The van der Waals surface area contributed by atoms with Gasteiger partial charge < -0.3 is 9.72 Å². The number of ether oxygens (including phenoxy) is 1. The van der Waals surface area contributed by atoms with Gasteiger partial charge in [-0.05, 0) is 37.3 Å². The zero-order chi connectivity index (χ0) is 19.7. The number of esters is 1. The number of nitrogens with zero attached hydrogens (tertiary/aromatic N) is 1. The lowest BCUT2D eigenvalue weighted by atomic mass is 10.1. The van der Waals surface area contributed by atoms with Crippen LogP contribution >= 0.6 is 11.3 Å². The van der Waals surface area contributed by atoms with Gasteiger partial charge in [0.15, 0.2) is 5.13 Å². The molecular weight excluding hydrogens is 374 g/mol. The number of nitrogens with one attached hydrogen (secondary N) is 2. The molecule has 2 aromatic heterocycles. The highest BCUT2D eigenvalue weighted by Crippen LogP contribution is 2.33. The number of amides is 1. The van der Waals surface area contributed by atoms with Gasteiger partial charge >= 0.3 is 5.97 Å². The van der Waals surface area contributed by atoms with Gasteiger partial charge in [-0.3, -0.25) is 14.9 Å². The zero-order valence-electron chi connectivity index (χ0n) is 15.3. The lowest BCUT2D eigenvalue weighted by Gasteiger charge is -2.04. The van der Waals surface area contributed by atoms with Gasteiger partial charge in [0.05, 0.1) is 5.69 Å². The first kappa shape index (κ1) is 17.9. The minimum atomic E-state index is -0.403. The van der Waals surface area contributed by atoms with Crippen LogP contribution in [0.5, 0.6) is 5.75 Å². The molecule has 6 nitrogen and oxygen atoms in total. The van der Waals surface area contributed by atoms with E-state index in [0.29, 0.717) is 16.4 Å². The monoisotopic (exact) mass is 391 g/mol. The Morgan fingerprint density at radius 1 is 1.11 bits per heavy atom. The van der Waals surface area contributed by atoms with Gasteiger partial charge in [0.2, 0.25) is 0 Å². The molecule has 28 heavy (non-hydrogen) atoms. The molecule has 140 valence electrons. The first-order valence-corrected chi connectivity index (χ1v) is 9.52. The Morgan fingerprint density at radius 2 is 1.86 bits per heavy atom. The van der Waals surface area contributed by atoms with Gasteiger partial charge in [-0.1, -0.05) is 18.2 Å². The average Bonchev–Trinajstić information content (AvgIpc) is 3.24. The summed E-state index contributed by atoms with van der Waals surface area (Å²) in [5, 5.41) is 6.37. The Bertz CT molecular complexity index is 1180. The molecule has 2 aromatic carbocycles. The number of aryl methyl sites for hydroxylation is 1. The molecule has 0 aliphatic heterocycles. The van der Waals surface area contributed by atoms with E-state index in [1.165, 1.54) is 18.3 Å². The summed E-state index contributed by atoms with van der Waals surface area (Å²) in [6.45, 7) is 3.34. The number of benzene rings is 2. The van der Waals surface area contributed by atoms with E-state index < -0.39 is 5.97 Å². The molecule has 1 amide bonds. The van der Waals surface area contributed by atoms with Crippen LogP contribution in [-0.2, 0) is 4.79 Å². The van der Waals surface area contributed by atoms with Crippen molar-refractivity contribution in [3.8, 4) is 17.0 Å². The Morgan fingerprint density at radius 3 is 2.61 bits per heavy atom. The average molecular weight is 391 g/mol. The molecule has 0 saturated heterocycles. The van der Waals surface area contributed by atoms with Gasteiger partial charge in [-0.15, -0.1) is 11.3 Å². The van der Waals surface area contributed by atoms with Crippen LogP contribution in [0, 0.1) is 6.92 Å². The fourth-order valence-corrected chi connectivity index (χ4v) is 3.76. The first-order chi connectivity index (χ1) is 13.5. The van der Waals surface area contributed by atoms with Crippen LogP contribution in [0.2, 0.25) is 0 Å². The lowest BCUT2D eigenvalue weighted by molar-refractivity contribution is -0.131. The Hall–Kier alpha value is -3.45. The first-order valence-electron chi connectivity index (χ1n) is 8.64. The van der Waals surface area contributed by atoms with Crippen molar-refractivity contribution in [2.75, 3.05) is 5.32 Å². The molecular formula is C21H17N3O3S. The molecule has 0 aliphatic rings. The standard InChI is InChI=1S/C21H17N3O3S/c1-12-19(16-5-3-4-6-17(16)22-12)18-11-28-21(23-18)24-20(26)14-7-9-15(10-8-14)27-13(2)25/h3-11,22H,1-2H3,(H,23,24,26). The van der Waals surface area contributed by atoms with Gasteiger partial charge in [0.1, 0.15) is 5.75 Å². The second-order valence-corrected chi connectivity index (χ2v) is 7.14. The molecule has 2 N–H and O–H groups in total. The van der Waals surface area contributed by atoms with Gasteiger partial charge in [0.25, 0.3) is 5.91 Å². The molecule has 7 heteroatoms. The molecule has 2 heterocycles. The van der Waals surface area contributed by atoms with Crippen molar-refractivity contribution in [2.45, 2.75) is 13.8 Å². The van der Waals surface area contributed by atoms with Crippen LogP contribution in [-0.4, -0.2) is 21.8 Å². The summed E-state index contributed by atoms with van der Waals surface area (Å²) >= 11 is 1.37. The molecule has 4 rings (SSSR count). The molecule has 0 atom stereocenters. The minimum Gasteiger partial charge on any atom is -0.427 e. The van der Waals surface area contributed by atoms with E-state index in [1.807, 2.05) is 30.5 Å². The van der Waals surface area contributed by atoms with Crippen molar-refractivity contribution in [2.24, 2.45) is 0 Å². The molecule has 0 unspecified atom stereocenters. The fraction of sp³-hybridized carbons (Fsp3) is 0.0952. The summed E-state index contributed by atoms with van der Waals surface area (Å²) in [6, 6.07) is 14.4. The number of rotatable bonds is 4. The summed E-state index contributed by atoms with van der Waals surface area (Å²) in [5.74, 6) is -0.276. The van der Waals surface area contributed by atoms with E-state index in [9.17, 15) is 9.59 Å². The third-order valence-electron chi connectivity index (χ3n) is 4.25. The fourth-order valence-electron chi connectivity index (χ4n) is 3.06. The number of hydrogen-bond donors (Lipinski definition) is 2. The third-order valence-corrected chi connectivity index (χ3v) is 5.01. The van der Waals surface area contributed by atoms with Gasteiger partial charge in [-0.2, -0.15) is 0 Å². The van der Waals surface area contributed by atoms with Gasteiger partial charge in [-0.25, -0.2) is 4.98 Å². The highest BCUT2D eigenvalue weighted by molar-refractivity contribution is 7.14. The van der Waals surface area contributed by atoms with Crippen LogP contribution in [0.15, 0.2) is 53.9 Å². The molecule has 0 spiro atoms. The highest BCUT2D eigenvalue weighted by Gasteiger charge is 2.15. The summed E-state index contributed by atoms with van der Waals surface area (Å²) < 4.78 is 4.97. The third kappa shape index (κ3) is 3.52. The van der Waals surface area contributed by atoms with Crippen LogP contribution in [0.25, 0.3) is 22.2 Å². The zero-order valence-corrected chi connectivity index (χ0v) is 16.1. The van der Waals surface area contributed by atoms with E-state index in [0.717, 1.165) is 27.9 Å². The van der Waals surface area contributed by atoms with Crippen molar-refractivity contribution in [1.29, 1.82) is 0 Å². The van der Waals surface area contributed by atoms with Crippen molar-refractivity contribution >= 4 is 39.2 Å². The summed E-state index contributed by atoms with van der Waals surface area (Å²) in [4.78, 5) is 31.4. The van der Waals surface area contributed by atoms with Crippen molar-refractivity contribution in [1.82, 2.24) is 9.97 Å². The molecule has 0 saturated carbocycles. The van der Waals surface area contributed by atoms with Crippen LogP contribution in [0.4, 0.5) is 5.13 Å². The number of aromatic nitrogens is 2. The maximum atomic E-state index is 12.5. The van der Waals surface area contributed by atoms with E-state index in [-0.39, 0.29) is 5.91 Å². The maximum Gasteiger partial charge on any atom is 0.308 e. The SMILES string of the molecule is CC(=O)Oc1ccc(C(=O)Nc2nc(-c3c(C)[nH]c4ccccc34)cs2)cc1. The number of aromatic amines is 1. The van der Waals surface area contributed by atoms with Crippen molar-refractivity contribution < 1.29 is 14.3 Å².